The monoisotopic (exact) mass is 376 g/mol. The molecule has 1 amide bonds. The van der Waals surface area contributed by atoms with Gasteiger partial charge in [-0.25, -0.2) is 0 Å². The number of Topliss-reactive ketones (excluding diaryl/α,β-unsaturated/α-hetero) is 1. The number of ketones is 1. The van der Waals surface area contributed by atoms with Gasteiger partial charge in [0.15, 0.2) is 5.78 Å². The number of aromatic nitrogens is 1. The Bertz CT molecular complexity index is 931. The van der Waals surface area contributed by atoms with E-state index in [9.17, 15) is 9.59 Å². The molecule has 0 spiro atoms. The fourth-order valence-corrected chi connectivity index (χ4v) is 3.91. The Kier molecular flexibility index (Phi) is 5.05. The van der Waals surface area contributed by atoms with Crippen molar-refractivity contribution in [2.45, 2.75) is 31.7 Å². The maximum atomic E-state index is 12.9. The largest absolute Gasteiger partial charge is 0.325 e. The van der Waals surface area contributed by atoms with Crippen molar-refractivity contribution in [1.29, 1.82) is 0 Å². The van der Waals surface area contributed by atoms with Crippen molar-refractivity contribution in [2.75, 3.05) is 25.5 Å². The second-order valence-electron chi connectivity index (χ2n) is 7.57. The number of aliphatic imine (C=N–C) groups is 1. The first-order valence-corrected chi connectivity index (χ1v) is 9.65. The minimum Gasteiger partial charge on any atom is -0.325 e. The van der Waals surface area contributed by atoms with Gasteiger partial charge in [-0.3, -0.25) is 19.6 Å². The normalized spacial score (nSPS) is 20.7. The number of piperidine rings is 1. The number of hydrogen-bond acceptors (Lipinski definition) is 5. The van der Waals surface area contributed by atoms with Crippen LogP contribution in [-0.2, 0) is 4.79 Å². The van der Waals surface area contributed by atoms with Crippen LogP contribution in [0.5, 0.6) is 0 Å². The van der Waals surface area contributed by atoms with Crippen molar-refractivity contribution in [3.05, 3.63) is 59.4 Å². The second kappa shape index (κ2) is 7.64. The number of benzene rings is 1. The average molecular weight is 376 g/mol. The predicted molar refractivity (Wildman–Crippen MR) is 109 cm³/mol. The van der Waals surface area contributed by atoms with E-state index in [-0.39, 0.29) is 17.7 Å². The molecule has 1 fully saturated rings. The molecule has 1 N–H and O–H groups in total. The summed E-state index contributed by atoms with van der Waals surface area (Å²) in [5, 5.41) is 2.95. The van der Waals surface area contributed by atoms with Crippen LogP contribution in [-0.4, -0.2) is 53.5 Å². The summed E-state index contributed by atoms with van der Waals surface area (Å²) in [6.07, 6.45) is 5.39. The third kappa shape index (κ3) is 3.60. The molecule has 0 aliphatic carbocycles. The number of fused-ring (bicyclic) bond motifs is 1. The summed E-state index contributed by atoms with van der Waals surface area (Å²) in [6, 6.07) is 9.37. The molecule has 0 radical (unpaired) electrons. The van der Waals surface area contributed by atoms with Gasteiger partial charge in [-0.2, -0.15) is 0 Å². The Labute approximate surface area is 164 Å². The lowest BCUT2D eigenvalue weighted by molar-refractivity contribution is -0.115. The second-order valence-corrected chi connectivity index (χ2v) is 7.57. The molecule has 4 rings (SSSR count). The Morgan fingerprint density at radius 1 is 1.14 bits per heavy atom. The van der Waals surface area contributed by atoms with Gasteiger partial charge in [0.05, 0.1) is 11.8 Å². The minimum absolute atomic E-state index is 0.0152. The molecule has 3 heterocycles. The van der Waals surface area contributed by atoms with Crippen molar-refractivity contribution >= 4 is 23.1 Å². The Morgan fingerprint density at radius 2 is 1.86 bits per heavy atom. The SMILES string of the molecule is CC(=O)c1ccc2c(c1)C(C(=NC1CCN(C)CC1)c1ccncc1)C(=O)N2. The highest BCUT2D eigenvalue weighted by molar-refractivity contribution is 6.24. The zero-order valence-corrected chi connectivity index (χ0v) is 16.2. The van der Waals surface area contributed by atoms with Crippen LogP contribution >= 0.6 is 0 Å². The molecular weight excluding hydrogens is 352 g/mol. The van der Waals surface area contributed by atoms with Gasteiger partial charge in [-0.15, -0.1) is 0 Å². The molecule has 1 saturated heterocycles. The number of nitrogens with zero attached hydrogens (tertiary/aromatic N) is 3. The molecule has 2 aliphatic rings. The van der Waals surface area contributed by atoms with Crippen molar-refractivity contribution in [1.82, 2.24) is 9.88 Å². The van der Waals surface area contributed by atoms with E-state index in [4.69, 9.17) is 4.99 Å². The average Bonchev–Trinajstić information content (AvgIpc) is 3.03. The number of anilines is 1. The molecule has 0 saturated carbocycles. The highest BCUT2D eigenvalue weighted by Crippen LogP contribution is 2.36. The molecule has 144 valence electrons. The Morgan fingerprint density at radius 3 is 2.54 bits per heavy atom. The first-order valence-electron chi connectivity index (χ1n) is 9.65. The van der Waals surface area contributed by atoms with Gasteiger partial charge >= 0.3 is 0 Å². The van der Waals surface area contributed by atoms with Crippen LogP contribution in [0.25, 0.3) is 0 Å². The number of carbonyl (C=O) groups is 2. The van der Waals surface area contributed by atoms with Gasteiger partial charge in [0.25, 0.3) is 0 Å². The van der Waals surface area contributed by atoms with E-state index in [2.05, 4.69) is 22.2 Å². The third-order valence-corrected chi connectivity index (χ3v) is 5.55. The predicted octanol–water partition coefficient (Wildman–Crippen LogP) is 2.90. The van der Waals surface area contributed by atoms with E-state index in [0.29, 0.717) is 5.56 Å². The Balaban J connectivity index is 1.78. The van der Waals surface area contributed by atoms with Crippen LogP contribution in [0.1, 0.15) is 47.2 Å². The van der Waals surface area contributed by atoms with Gasteiger partial charge in [0, 0.05) is 23.6 Å². The summed E-state index contributed by atoms with van der Waals surface area (Å²) >= 11 is 0. The molecule has 2 aliphatic heterocycles. The number of pyridine rings is 1. The van der Waals surface area contributed by atoms with E-state index in [1.165, 1.54) is 6.92 Å². The Hall–Kier alpha value is -2.86. The summed E-state index contributed by atoms with van der Waals surface area (Å²) in [5.74, 6) is -0.630. The smallest absolute Gasteiger partial charge is 0.238 e. The van der Waals surface area contributed by atoms with Gasteiger partial charge in [-0.05, 0) is 81.4 Å². The van der Waals surface area contributed by atoms with E-state index in [1.807, 2.05) is 24.3 Å². The number of rotatable bonds is 4. The van der Waals surface area contributed by atoms with Crippen LogP contribution in [0.2, 0.25) is 0 Å². The fraction of sp³-hybridized carbons (Fsp3) is 0.364. The van der Waals surface area contributed by atoms with Crippen molar-refractivity contribution in [2.24, 2.45) is 4.99 Å². The molecule has 1 aromatic carbocycles. The zero-order valence-electron chi connectivity index (χ0n) is 16.2. The van der Waals surface area contributed by atoms with Gasteiger partial charge in [-0.1, -0.05) is 0 Å². The zero-order chi connectivity index (χ0) is 19.7. The first-order chi connectivity index (χ1) is 13.5. The van der Waals surface area contributed by atoms with E-state index in [0.717, 1.165) is 48.5 Å². The lowest BCUT2D eigenvalue weighted by Gasteiger charge is -2.28. The number of amides is 1. The van der Waals surface area contributed by atoms with E-state index < -0.39 is 5.92 Å². The molecule has 0 bridgehead atoms. The molecule has 1 unspecified atom stereocenters. The summed E-state index contributed by atoms with van der Waals surface area (Å²) < 4.78 is 0. The molecule has 6 nitrogen and oxygen atoms in total. The highest BCUT2D eigenvalue weighted by atomic mass is 16.2. The number of hydrogen-bond donors (Lipinski definition) is 1. The summed E-state index contributed by atoms with van der Waals surface area (Å²) in [5.41, 5.74) is 3.84. The number of carbonyl (C=O) groups excluding carboxylic acids is 2. The quantitative estimate of drug-likeness (QED) is 0.658. The van der Waals surface area contributed by atoms with E-state index >= 15 is 0 Å². The fourth-order valence-electron chi connectivity index (χ4n) is 3.91. The van der Waals surface area contributed by atoms with Gasteiger partial charge < -0.3 is 10.2 Å². The standard InChI is InChI=1S/C22H24N4O2/c1-14(27)16-3-4-19-18(13-16)20(22(28)25-19)21(15-5-9-23-10-6-15)24-17-7-11-26(2)12-8-17/h3-6,9-10,13,17,20H,7-8,11-12H2,1-2H3,(H,25,28). The number of nitrogens with one attached hydrogen (secondary N) is 1. The lowest BCUT2D eigenvalue weighted by atomic mass is 9.89. The molecular formula is C22H24N4O2. The molecule has 6 heteroatoms. The molecule has 28 heavy (non-hydrogen) atoms. The summed E-state index contributed by atoms with van der Waals surface area (Å²) in [7, 11) is 2.12. The topological polar surface area (TPSA) is 74.7 Å². The van der Waals surface area contributed by atoms with Crippen LogP contribution in [0.15, 0.2) is 47.7 Å². The van der Waals surface area contributed by atoms with Crippen molar-refractivity contribution in [3.8, 4) is 0 Å². The van der Waals surface area contributed by atoms with Crippen LogP contribution in [0.4, 0.5) is 5.69 Å². The van der Waals surface area contributed by atoms with Gasteiger partial charge in [0.1, 0.15) is 5.92 Å². The van der Waals surface area contributed by atoms with Crippen molar-refractivity contribution in [3.63, 3.8) is 0 Å². The van der Waals surface area contributed by atoms with Crippen LogP contribution in [0.3, 0.4) is 0 Å². The van der Waals surface area contributed by atoms with Crippen molar-refractivity contribution < 1.29 is 9.59 Å². The maximum absolute atomic E-state index is 12.9. The third-order valence-electron chi connectivity index (χ3n) is 5.55. The number of likely N-dealkylation sites (tertiary alicyclic amines) is 1. The summed E-state index contributed by atoms with van der Waals surface area (Å²) in [6.45, 7) is 3.54. The lowest BCUT2D eigenvalue weighted by Crippen LogP contribution is -2.33. The maximum Gasteiger partial charge on any atom is 0.238 e. The minimum atomic E-state index is -0.517. The van der Waals surface area contributed by atoms with Crippen LogP contribution in [0, 0.1) is 0 Å². The first kappa shape index (κ1) is 18.5. The molecule has 1 atom stereocenters. The molecule has 2 aromatic rings. The molecule has 1 aromatic heterocycles. The van der Waals surface area contributed by atoms with E-state index in [1.54, 1.807) is 18.5 Å². The van der Waals surface area contributed by atoms with Gasteiger partial charge in [0.2, 0.25) is 5.91 Å². The van der Waals surface area contributed by atoms with Crippen LogP contribution < -0.4 is 5.32 Å². The summed E-state index contributed by atoms with van der Waals surface area (Å²) in [4.78, 5) is 36.3. The highest BCUT2D eigenvalue weighted by Gasteiger charge is 2.36.